The van der Waals surface area contributed by atoms with Crippen molar-refractivity contribution in [2.45, 2.75) is 25.8 Å². The van der Waals surface area contributed by atoms with E-state index in [1.807, 2.05) is 53.8 Å². The van der Waals surface area contributed by atoms with Crippen molar-refractivity contribution in [3.05, 3.63) is 73.3 Å². The van der Waals surface area contributed by atoms with Gasteiger partial charge in [0.25, 0.3) is 0 Å². The van der Waals surface area contributed by atoms with Crippen molar-refractivity contribution < 1.29 is 38.7 Å². The fourth-order valence-corrected chi connectivity index (χ4v) is 2.64. The van der Waals surface area contributed by atoms with Gasteiger partial charge < -0.3 is 29.6 Å². The van der Waals surface area contributed by atoms with Crippen molar-refractivity contribution in [1.82, 2.24) is 9.13 Å². The van der Waals surface area contributed by atoms with Gasteiger partial charge in [0.15, 0.2) is 0 Å². The first kappa shape index (κ1) is 21.2. The van der Waals surface area contributed by atoms with Gasteiger partial charge in [0, 0.05) is 0 Å². The smallest absolute Gasteiger partial charge is 0.243 e. The van der Waals surface area contributed by atoms with Crippen molar-refractivity contribution in [2.24, 2.45) is 14.1 Å². The van der Waals surface area contributed by atoms with Gasteiger partial charge in [-0.1, -0.05) is 30.3 Å². The van der Waals surface area contributed by atoms with Gasteiger partial charge in [-0.15, -0.1) is 0 Å². The van der Waals surface area contributed by atoms with Crippen LogP contribution in [0.5, 0.6) is 0 Å². The molecule has 136 valence electrons. The van der Waals surface area contributed by atoms with Crippen LogP contribution in [0.15, 0.2) is 67.8 Å². The highest BCUT2D eigenvalue weighted by Gasteiger charge is 2.18. The van der Waals surface area contributed by atoms with E-state index in [0.29, 0.717) is 6.61 Å². The zero-order valence-electron chi connectivity index (χ0n) is 14.5. The zero-order chi connectivity index (χ0) is 16.1. The highest BCUT2D eigenvalue weighted by atomic mass is 35.5. The minimum atomic E-state index is 0. The molecule has 25 heavy (non-hydrogen) atoms. The molecular formula is C18H24Cl2N4O. The Morgan fingerprint density at radius 1 is 0.880 bits per heavy atom. The van der Waals surface area contributed by atoms with E-state index in [0.717, 1.165) is 13.1 Å². The van der Waals surface area contributed by atoms with E-state index in [-0.39, 0.29) is 30.9 Å². The van der Waals surface area contributed by atoms with Crippen LogP contribution in [0.2, 0.25) is 0 Å². The highest BCUT2D eigenvalue weighted by Crippen LogP contribution is 2.07. The fraction of sp³-hybridized carbons (Fsp3) is 0.333. The normalized spacial score (nSPS) is 10.4. The lowest BCUT2D eigenvalue weighted by Gasteiger charge is -2.14. The van der Waals surface area contributed by atoms with Crippen molar-refractivity contribution >= 4 is 0 Å². The Balaban J connectivity index is 0.00000156. The Hall–Kier alpha value is -1.82. The predicted molar refractivity (Wildman–Crippen MR) is 86.2 cm³/mol. The van der Waals surface area contributed by atoms with Crippen molar-refractivity contribution in [1.29, 1.82) is 0 Å². The van der Waals surface area contributed by atoms with Crippen LogP contribution < -0.4 is 33.9 Å². The van der Waals surface area contributed by atoms with E-state index < -0.39 is 0 Å². The molecular weight excluding hydrogens is 359 g/mol. The molecule has 0 aliphatic heterocycles. The first-order valence-corrected chi connectivity index (χ1v) is 7.86. The number of benzene rings is 1. The van der Waals surface area contributed by atoms with Crippen molar-refractivity contribution in [3.63, 3.8) is 0 Å². The number of aryl methyl sites for hydroxylation is 2. The molecule has 0 fully saturated rings. The molecule has 3 aromatic rings. The summed E-state index contributed by atoms with van der Waals surface area (Å²) in [7, 11) is 4.06. The predicted octanol–water partition coefficient (Wildman–Crippen LogP) is -4.77. The number of aromatic nitrogens is 4. The van der Waals surface area contributed by atoms with Crippen LogP contribution in [0, 0.1) is 0 Å². The largest absolute Gasteiger partial charge is 1.00 e. The topological polar surface area (TPSA) is 26.8 Å². The molecule has 1 aromatic carbocycles. The summed E-state index contributed by atoms with van der Waals surface area (Å²) in [6.07, 6.45) is 12.5. The van der Waals surface area contributed by atoms with E-state index in [1.165, 1.54) is 5.56 Å². The molecule has 0 saturated heterocycles. The lowest BCUT2D eigenvalue weighted by molar-refractivity contribution is -0.671. The van der Waals surface area contributed by atoms with Gasteiger partial charge in [-0.05, 0) is 5.56 Å². The first-order valence-electron chi connectivity index (χ1n) is 7.86. The van der Waals surface area contributed by atoms with Crippen LogP contribution in [-0.4, -0.2) is 15.2 Å². The molecule has 0 aliphatic rings. The molecule has 3 rings (SSSR count). The minimum Gasteiger partial charge on any atom is -1.00 e. The van der Waals surface area contributed by atoms with Gasteiger partial charge in [-0.2, -0.15) is 0 Å². The Morgan fingerprint density at radius 3 is 1.84 bits per heavy atom. The van der Waals surface area contributed by atoms with E-state index in [1.54, 1.807) is 0 Å². The molecule has 2 aromatic heterocycles. The van der Waals surface area contributed by atoms with Gasteiger partial charge in [-0.3, -0.25) is 0 Å². The number of halogens is 2. The quantitative estimate of drug-likeness (QED) is 0.377. The van der Waals surface area contributed by atoms with Gasteiger partial charge >= 0.3 is 0 Å². The summed E-state index contributed by atoms with van der Waals surface area (Å²) in [5.74, 6) is 0. The van der Waals surface area contributed by atoms with E-state index in [2.05, 4.69) is 46.3 Å². The second kappa shape index (κ2) is 10.2. The monoisotopic (exact) mass is 382 g/mol. The van der Waals surface area contributed by atoms with Crippen LogP contribution in [-0.2, 0) is 38.5 Å². The molecule has 0 amide bonds. The molecule has 0 atom stereocenters. The number of hydrogen-bond donors (Lipinski definition) is 0. The second-order valence-electron chi connectivity index (χ2n) is 5.97. The van der Waals surface area contributed by atoms with Crippen LogP contribution >= 0.6 is 0 Å². The lowest BCUT2D eigenvalue weighted by atomic mass is 10.2. The SMILES string of the molecule is C[n+]1ccn(CC(Cn2cc[n+](C)c2)OCc2ccccc2)c1.[Cl-].[Cl-]. The third-order valence-electron chi connectivity index (χ3n) is 3.80. The maximum atomic E-state index is 6.19. The summed E-state index contributed by atoms with van der Waals surface area (Å²) in [6, 6.07) is 10.3. The third kappa shape index (κ3) is 6.53. The third-order valence-corrected chi connectivity index (χ3v) is 3.80. The van der Waals surface area contributed by atoms with Gasteiger partial charge in [0.05, 0.1) is 20.7 Å². The lowest BCUT2D eigenvalue weighted by Crippen LogP contribution is -3.00. The van der Waals surface area contributed by atoms with E-state index >= 15 is 0 Å². The summed E-state index contributed by atoms with van der Waals surface area (Å²) in [5.41, 5.74) is 1.20. The fourth-order valence-electron chi connectivity index (χ4n) is 2.64. The maximum Gasteiger partial charge on any atom is 0.243 e. The molecule has 0 bridgehead atoms. The molecule has 5 nitrogen and oxygen atoms in total. The Bertz CT molecular complexity index is 700. The van der Waals surface area contributed by atoms with Crippen LogP contribution in [0.4, 0.5) is 0 Å². The maximum absolute atomic E-state index is 6.19. The Labute approximate surface area is 161 Å². The van der Waals surface area contributed by atoms with Crippen molar-refractivity contribution in [2.75, 3.05) is 0 Å². The number of imidazole rings is 2. The molecule has 0 unspecified atom stereocenters. The average Bonchev–Trinajstić information content (AvgIpc) is 3.14. The molecule has 0 saturated carbocycles. The molecule has 0 N–H and O–H groups in total. The van der Waals surface area contributed by atoms with Crippen LogP contribution in [0.3, 0.4) is 0 Å². The minimum absolute atomic E-state index is 0. The van der Waals surface area contributed by atoms with E-state index in [4.69, 9.17) is 4.74 Å². The van der Waals surface area contributed by atoms with Gasteiger partial charge in [-0.25, -0.2) is 18.3 Å². The summed E-state index contributed by atoms with van der Waals surface area (Å²) in [6.45, 7) is 2.29. The number of rotatable bonds is 7. The van der Waals surface area contributed by atoms with Gasteiger partial charge in [0.2, 0.25) is 12.7 Å². The Kier molecular flexibility index (Phi) is 8.69. The van der Waals surface area contributed by atoms with Crippen molar-refractivity contribution in [3.8, 4) is 0 Å². The molecule has 0 radical (unpaired) electrons. The summed E-state index contributed by atoms with van der Waals surface area (Å²) >= 11 is 0. The summed E-state index contributed by atoms with van der Waals surface area (Å²) in [4.78, 5) is 0. The number of nitrogens with zero attached hydrogens (tertiary/aromatic N) is 4. The first-order chi connectivity index (χ1) is 11.2. The molecule has 7 heteroatoms. The molecule has 0 aliphatic carbocycles. The standard InChI is InChI=1S/C18H24N4O.2ClH/c1-19-8-10-21(15-19)12-18(13-22-11-9-20(2)16-22)23-14-17-6-4-3-5-7-17;;/h3-11,15-16,18H,12-14H2,1-2H3;2*1H/q+2;;/p-2. The van der Waals surface area contributed by atoms with Gasteiger partial charge in [0.1, 0.15) is 44.0 Å². The zero-order valence-corrected chi connectivity index (χ0v) is 16.0. The number of ether oxygens (including phenoxy) is 1. The molecule has 0 spiro atoms. The summed E-state index contributed by atoms with van der Waals surface area (Å²) in [5, 5.41) is 0. The molecule has 2 heterocycles. The van der Waals surface area contributed by atoms with Crippen LogP contribution in [0.1, 0.15) is 5.56 Å². The summed E-state index contributed by atoms with van der Waals surface area (Å²) < 4.78 is 14.6. The second-order valence-corrected chi connectivity index (χ2v) is 5.97. The van der Waals surface area contributed by atoms with E-state index in [9.17, 15) is 0 Å². The Morgan fingerprint density at radius 2 is 1.40 bits per heavy atom. The number of hydrogen-bond acceptors (Lipinski definition) is 1. The highest BCUT2D eigenvalue weighted by molar-refractivity contribution is 5.13. The average molecular weight is 383 g/mol. The van der Waals surface area contributed by atoms with Crippen LogP contribution in [0.25, 0.3) is 0 Å².